The van der Waals surface area contributed by atoms with Gasteiger partial charge in [-0.1, -0.05) is 41.9 Å². The Kier molecular flexibility index (Phi) is 10.1. The first kappa shape index (κ1) is 34.5. The van der Waals surface area contributed by atoms with E-state index < -0.39 is 11.9 Å². The van der Waals surface area contributed by atoms with Crippen LogP contribution in [0.4, 0.5) is 15.0 Å². The number of carbonyl (C=O) groups is 2. The summed E-state index contributed by atoms with van der Waals surface area (Å²) in [7, 11) is 0. The summed E-state index contributed by atoms with van der Waals surface area (Å²) in [5.74, 6) is -0.444. The molecular weight excluding hydrogens is 693 g/mol. The number of nitrogens with zero attached hydrogens (tertiary/aromatic N) is 9. The van der Waals surface area contributed by atoms with Gasteiger partial charge in [0.25, 0.3) is 5.91 Å². The second-order valence-electron chi connectivity index (χ2n) is 13.7. The van der Waals surface area contributed by atoms with E-state index in [1.807, 2.05) is 39.9 Å². The lowest BCUT2D eigenvalue weighted by Gasteiger charge is -2.34. The Labute approximate surface area is 305 Å². The van der Waals surface area contributed by atoms with Crippen LogP contribution in [-0.4, -0.2) is 123 Å². The average molecular weight is 734 g/mol. The number of aromatic nitrogens is 5. The lowest BCUT2D eigenvalue weighted by atomic mass is 10.2. The van der Waals surface area contributed by atoms with E-state index in [1.54, 1.807) is 15.9 Å². The van der Waals surface area contributed by atoms with Crippen molar-refractivity contribution in [1.29, 1.82) is 0 Å². The van der Waals surface area contributed by atoms with E-state index in [9.17, 15) is 9.59 Å². The lowest BCUT2D eigenvalue weighted by Crippen LogP contribution is -2.50. The molecule has 0 N–H and O–H groups in total. The molecule has 3 saturated heterocycles. The van der Waals surface area contributed by atoms with Crippen LogP contribution < -0.4 is 9.64 Å². The average Bonchev–Trinajstić information content (AvgIpc) is 3.58. The number of carbonyl (C=O) groups excluding carboxylic acids is 2. The van der Waals surface area contributed by atoms with E-state index in [-0.39, 0.29) is 29.2 Å². The number of ether oxygens (including phenoxy) is 3. The Balaban J connectivity index is 0.927. The standard InChI is InChI=1S/C36H41ClFN9O5/c37-32-30(38)31-28(19-39-32)33(41-35(40-31)51-17-5-11-46-25-8-9-26(46)23-50-22-25)45-10-4-12-47-27(20-45)18-29(42-47)34(48)43-13-15-44(16-14-43)36(49)52-21-24-6-2-1-3-7-24/h1-3,6-7,18-19,25-26H,4-5,8-17,20-23H2. The number of anilines is 1. The second kappa shape index (κ2) is 15.2. The van der Waals surface area contributed by atoms with Crippen molar-refractivity contribution in [3.63, 3.8) is 0 Å². The molecule has 2 atom stereocenters. The number of piperazine rings is 1. The fourth-order valence-electron chi connectivity index (χ4n) is 7.61. The summed E-state index contributed by atoms with van der Waals surface area (Å²) in [5, 5.41) is 4.82. The maximum absolute atomic E-state index is 15.4. The Morgan fingerprint density at radius 1 is 0.981 bits per heavy atom. The van der Waals surface area contributed by atoms with Crippen LogP contribution in [0.5, 0.6) is 6.01 Å². The maximum atomic E-state index is 15.4. The van der Waals surface area contributed by atoms with Gasteiger partial charge in [-0.2, -0.15) is 15.1 Å². The molecule has 3 fully saturated rings. The number of morpholine rings is 1. The first-order valence-electron chi connectivity index (χ1n) is 18.0. The first-order valence-corrected chi connectivity index (χ1v) is 18.3. The number of amides is 2. The van der Waals surface area contributed by atoms with Crippen LogP contribution in [0, 0.1) is 5.82 Å². The van der Waals surface area contributed by atoms with E-state index in [0.717, 1.165) is 50.3 Å². The highest BCUT2D eigenvalue weighted by Gasteiger charge is 2.36. The zero-order chi connectivity index (χ0) is 35.6. The molecule has 274 valence electrons. The van der Waals surface area contributed by atoms with Crippen molar-refractivity contribution in [1.82, 2.24) is 39.4 Å². The van der Waals surface area contributed by atoms with Crippen LogP contribution in [0.3, 0.4) is 0 Å². The smallest absolute Gasteiger partial charge is 0.410 e. The summed E-state index contributed by atoms with van der Waals surface area (Å²) in [5.41, 5.74) is 2.12. The largest absolute Gasteiger partial charge is 0.463 e. The number of halogens is 2. The van der Waals surface area contributed by atoms with Crippen LogP contribution in [-0.2, 0) is 29.2 Å². The van der Waals surface area contributed by atoms with Crippen molar-refractivity contribution in [3.05, 3.63) is 70.5 Å². The molecule has 8 rings (SSSR count). The first-order chi connectivity index (χ1) is 25.4. The van der Waals surface area contributed by atoms with Crippen molar-refractivity contribution >= 4 is 40.3 Å². The van der Waals surface area contributed by atoms with E-state index in [0.29, 0.717) is 87.8 Å². The number of fused-ring (bicyclic) bond motifs is 4. The monoisotopic (exact) mass is 733 g/mol. The summed E-state index contributed by atoms with van der Waals surface area (Å²) in [4.78, 5) is 47.3. The summed E-state index contributed by atoms with van der Waals surface area (Å²) in [6, 6.07) is 12.3. The van der Waals surface area contributed by atoms with E-state index >= 15 is 4.39 Å². The van der Waals surface area contributed by atoms with Gasteiger partial charge in [-0.15, -0.1) is 0 Å². The molecule has 4 aliphatic rings. The van der Waals surface area contributed by atoms with Crippen molar-refractivity contribution in [2.75, 3.05) is 64.0 Å². The molecule has 0 saturated carbocycles. The Hall–Kier alpha value is -4.60. The van der Waals surface area contributed by atoms with Crippen LogP contribution in [0.15, 0.2) is 42.6 Å². The zero-order valence-corrected chi connectivity index (χ0v) is 29.6. The van der Waals surface area contributed by atoms with Gasteiger partial charge in [0.15, 0.2) is 16.7 Å². The van der Waals surface area contributed by atoms with Crippen LogP contribution in [0.1, 0.15) is 47.4 Å². The molecule has 2 amide bonds. The SMILES string of the molecule is O=C(OCc1ccccc1)N1CCN(C(=O)c2cc3n(n2)CCCN(c2nc(OCCCN4C5CCC4COC5)nc4c(F)c(Cl)ncc24)C3)CC1. The minimum Gasteiger partial charge on any atom is -0.463 e. The minimum absolute atomic E-state index is 0.0444. The summed E-state index contributed by atoms with van der Waals surface area (Å²) in [6.07, 6.45) is 4.89. The molecule has 7 heterocycles. The summed E-state index contributed by atoms with van der Waals surface area (Å²) >= 11 is 6.08. The van der Waals surface area contributed by atoms with Gasteiger partial charge < -0.3 is 28.9 Å². The maximum Gasteiger partial charge on any atom is 0.410 e. The third kappa shape index (κ3) is 7.21. The predicted molar refractivity (Wildman–Crippen MR) is 189 cm³/mol. The minimum atomic E-state index is -0.727. The zero-order valence-electron chi connectivity index (χ0n) is 28.8. The molecule has 0 spiro atoms. The molecule has 16 heteroatoms. The highest BCUT2D eigenvalue weighted by Crippen LogP contribution is 2.32. The number of pyridine rings is 1. The van der Waals surface area contributed by atoms with Gasteiger partial charge in [0.1, 0.15) is 17.9 Å². The van der Waals surface area contributed by atoms with Gasteiger partial charge >= 0.3 is 12.1 Å². The van der Waals surface area contributed by atoms with Crippen molar-refractivity contribution in [2.45, 2.75) is 57.5 Å². The van der Waals surface area contributed by atoms with Gasteiger partial charge in [-0.25, -0.2) is 14.2 Å². The Morgan fingerprint density at radius 2 is 1.75 bits per heavy atom. The van der Waals surface area contributed by atoms with E-state index in [2.05, 4.69) is 20.0 Å². The number of benzene rings is 1. The lowest BCUT2D eigenvalue weighted by molar-refractivity contribution is -0.0161. The fourth-order valence-corrected chi connectivity index (χ4v) is 7.74. The van der Waals surface area contributed by atoms with Gasteiger partial charge in [0.05, 0.1) is 37.4 Å². The molecule has 1 aromatic carbocycles. The third-order valence-corrected chi connectivity index (χ3v) is 10.6. The number of aryl methyl sites for hydroxylation is 1. The van der Waals surface area contributed by atoms with E-state index in [4.69, 9.17) is 30.8 Å². The van der Waals surface area contributed by atoms with E-state index in [1.165, 1.54) is 6.20 Å². The second-order valence-corrected chi connectivity index (χ2v) is 14.0. The number of hydrogen-bond donors (Lipinski definition) is 0. The number of hydrogen-bond acceptors (Lipinski definition) is 11. The molecule has 52 heavy (non-hydrogen) atoms. The number of rotatable bonds is 9. The van der Waals surface area contributed by atoms with Crippen molar-refractivity contribution in [3.8, 4) is 6.01 Å². The van der Waals surface area contributed by atoms with Crippen molar-refractivity contribution < 1.29 is 28.2 Å². The normalized spacial score (nSPS) is 20.5. The Bertz CT molecular complexity index is 1910. The molecule has 2 unspecified atom stereocenters. The summed E-state index contributed by atoms with van der Waals surface area (Å²) in [6.45, 7) is 6.07. The van der Waals surface area contributed by atoms with Crippen LogP contribution in [0.2, 0.25) is 5.15 Å². The molecule has 0 aliphatic carbocycles. The van der Waals surface area contributed by atoms with Crippen LogP contribution in [0.25, 0.3) is 10.9 Å². The molecule has 3 aromatic heterocycles. The molecular formula is C36H41ClFN9O5. The quantitative estimate of drug-likeness (QED) is 0.182. The Morgan fingerprint density at radius 3 is 2.54 bits per heavy atom. The molecule has 14 nitrogen and oxygen atoms in total. The fraction of sp³-hybridized carbons (Fsp3) is 0.500. The molecule has 0 radical (unpaired) electrons. The molecule has 4 aliphatic heterocycles. The van der Waals surface area contributed by atoms with Crippen molar-refractivity contribution in [2.24, 2.45) is 0 Å². The highest BCUT2D eigenvalue weighted by atomic mass is 35.5. The third-order valence-electron chi connectivity index (χ3n) is 10.3. The van der Waals surface area contributed by atoms with Gasteiger partial charge in [0, 0.05) is 64.1 Å². The van der Waals surface area contributed by atoms with Gasteiger partial charge in [0.2, 0.25) is 0 Å². The molecule has 4 aromatic rings. The van der Waals surface area contributed by atoms with Gasteiger partial charge in [-0.05, 0) is 37.3 Å². The van der Waals surface area contributed by atoms with Crippen LogP contribution >= 0.6 is 11.6 Å². The molecule has 2 bridgehead atoms. The topological polar surface area (TPSA) is 131 Å². The predicted octanol–water partition coefficient (Wildman–Crippen LogP) is 4.15. The summed E-state index contributed by atoms with van der Waals surface area (Å²) < 4.78 is 34.4. The van der Waals surface area contributed by atoms with Gasteiger partial charge in [-0.3, -0.25) is 14.4 Å². The highest BCUT2D eigenvalue weighted by molar-refractivity contribution is 6.30.